The summed E-state index contributed by atoms with van der Waals surface area (Å²) in [4.78, 5) is 48.3. The predicted octanol–water partition coefficient (Wildman–Crippen LogP) is 2.69. The summed E-state index contributed by atoms with van der Waals surface area (Å²) >= 11 is 0. The van der Waals surface area contributed by atoms with E-state index < -0.39 is 64.3 Å². The zero-order chi connectivity index (χ0) is 27.1. The molecule has 3 amide bonds. The molecule has 0 aliphatic carbocycles. The van der Waals surface area contributed by atoms with E-state index in [2.05, 4.69) is 10.6 Å². The number of alkyl halides is 3. The van der Waals surface area contributed by atoms with Crippen LogP contribution in [0, 0.1) is 27.4 Å². The Morgan fingerprint density at radius 1 is 1.09 bits per heavy atom. The molecule has 1 aromatic rings. The lowest BCUT2D eigenvalue weighted by Crippen LogP contribution is -2.58. The van der Waals surface area contributed by atoms with Gasteiger partial charge in [-0.15, -0.1) is 0 Å². The van der Waals surface area contributed by atoms with Crippen LogP contribution in [-0.4, -0.2) is 41.3 Å². The minimum Gasteiger partial charge on any atom is -0.368 e. The number of rotatable bonds is 11. The molecule has 0 heterocycles. The van der Waals surface area contributed by atoms with E-state index in [0.717, 1.165) is 12.1 Å². The van der Waals surface area contributed by atoms with E-state index in [1.165, 1.54) is 12.1 Å². The van der Waals surface area contributed by atoms with Crippen LogP contribution in [-0.2, 0) is 27.0 Å². The smallest absolute Gasteiger partial charge is 0.368 e. The van der Waals surface area contributed by atoms with Gasteiger partial charge in [-0.05, 0) is 29.4 Å². The van der Waals surface area contributed by atoms with Gasteiger partial charge in [-0.2, -0.15) is 13.2 Å². The number of amides is 3. The molecule has 0 aliphatic heterocycles. The van der Waals surface area contributed by atoms with Crippen molar-refractivity contribution in [2.75, 3.05) is 6.54 Å². The first-order valence-corrected chi connectivity index (χ1v) is 11.1. The highest BCUT2D eigenvalue weighted by molar-refractivity contribution is 5.92. The van der Waals surface area contributed by atoms with Crippen molar-refractivity contribution in [2.24, 2.45) is 23.0 Å². The number of halogens is 3. The summed E-state index contributed by atoms with van der Waals surface area (Å²) in [5.41, 5.74) is 3.74. The van der Waals surface area contributed by atoms with Crippen LogP contribution in [0.2, 0.25) is 0 Å². The monoisotopic (exact) mass is 502 g/mol. The molecule has 0 unspecified atom stereocenters. The quantitative estimate of drug-likeness (QED) is 0.315. The van der Waals surface area contributed by atoms with Crippen molar-refractivity contribution < 1.29 is 32.5 Å². The molecule has 0 aliphatic rings. The SMILES string of the molecule is CC(C)C[C@H](C[N+](=O)[O-])C(=O)N[C@H](C(=O)N[C@@H](Cc1cccc(C(F)(F)F)c1)C(N)=O)C(C)(C)C. The summed E-state index contributed by atoms with van der Waals surface area (Å²) in [5.74, 6) is -3.43. The van der Waals surface area contributed by atoms with Gasteiger partial charge in [-0.1, -0.05) is 52.8 Å². The molecule has 4 N–H and O–H groups in total. The Bertz CT molecular complexity index is 928. The van der Waals surface area contributed by atoms with Crippen LogP contribution in [0.1, 0.15) is 52.2 Å². The zero-order valence-corrected chi connectivity index (χ0v) is 20.4. The van der Waals surface area contributed by atoms with Gasteiger partial charge in [0.1, 0.15) is 18.0 Å². The predicted molar refractivity (Wildman–Crippen MR) is 122 cm³/mol. The van der Waals surface area contributed by atoms with Crippen LogP contribution in [0.4, 0.5) is 13.2 Å². The Kier molecular flexibility index (Phi) is 10.2. The second-order valence-electron chi connectivity index (χ2n) is 10.0. The van der Waals surface area contributed by atoms with Gasteiger partial charge in [0.05, 0.1) is 5.56 Å². The molecule has 0 aromatic heterocycles. The molecule has 0 bridgehead atoms. The molecule has 1 aromatic carbocycles. The van der Waals surface area contributed by atoms with E-state index in [-0.39, 0.29) is 24.3 Å². The lowest BCUT2D eigenvalue weighted by molar-refractivity contribution is -0.486. The van der Waals surface area contributed by atoms with Crippen LogP contribution in [0.25, 0.3) is 0 Å². The number of benzene rings is 1. The number of hydrogen-bond donors (Lipinski definition) is 3. The van der Waals surface area contributed by atoms with Crippen LogP contribution in [0.5, 0.6) is 0 Å². The van der Waals surface area contributed by atoms with Crippen molar-refractivity contribution in [2.45, 2.75) is 65.7 Å². The summed E-state index contributed by atoms with van der Waals surface area (Å²) < 4.78 is 39.0. The Hall–Kier alpha value is -3.18. The van der Waals surface area contributed by atoms with Gasteiger partial charge in [0.2, 0.25) is 24.3 Å². The highest BCUT2D eigenvalue weighted by atomic mass is 19.4. The Morgan fingerprint density at radius 2 is 1.69 bits per heavy atom. The molecule has 3 atom stereocenters. The number of nitrogens with zero attached hydrogens (tertiary/aromatic N) is 1. The number of nitrogens with two attached hydrogens (primary N) is 1. The zero-order valence-electron chi connectivity index (χ0n) is 20.4. The lowest BCUT2D eigenvalue weighted by atomic mass is 9.85. The maximum absolute atomic E-state index is 13.1. The van der Waals surface area contributed by atoms with E-state index >= 15 is 0 Å². The van der Waals surface area contributed by atoms with E-state index in [4.69, 9.17) is 5.73 Å². The van der Waals surface area contributed by atoms with E-state index in [1.54, 1.807) is 34.6 Å². The summed E-state index contributed by atoms with van der Waals surface area (Å²) in [5, 5.41) is 16.0. The van der Waals surface area contributed by atoms with Crippen LogP contribution in [0.3, 0.4) is 0 Å². The average molecular weight is 503 g/mol. The number of carbonyl (C=O) groups excluding carboxylic acids is 3. The van der Waals surface area contributed by atoms with Crippen molar-refractivity contribution in [1.82, 2.24) is 10.6 Å². The number of hydrogen-bond acceptors (Lipinski definition) is 5. The second-order valence-corrected chi connectivity index (χ2v) is 10.0. The lowest BCUT2D eigenvalue weighted by Gasteiger charge is -2.32. The standard InChI is InChI=1S/C23H33F3N4O5/c1-13(2)9-15(12-30(34)35)20(32)29-18(22(3,4)5)21(33)28-17(19(27)31)11-14-7-6-8-16(10-14)23(24,25)26/h6-8,10,13,15,17-18H,9,11-12H2,1-5H3,(H2,27,31)(H,28,33)(H,29,32)/t15-,17+,18-/m1/s1. The first-order chi connectivity index (χ1) is 15.9. The Morgan fingerprint density at radius 3 is 2.14 bits per heavy atom. The van der Waals surface area contributed by atoms with Crippen molar-refractivity contribution in [3.8, 4) is 0 Å². The molecule has 0 saturated heterocycles. The summed E-state index contributed by atoms with van der Waals surface area (Å²) in [6, 6.07) is 1.75. The summed E-state index contributed by atoms with van der Waals surface area (Å²) in [7, 11) is 0. The van der Waals surface area contributed by atoms with Gasteiger partial charge < -0.3 is 16.4 Å². The van der Waals surface area contributed by atoms with E-state index in [0.29, 0.717) is 0 Å². The van der Waals surface area contributed by atoms with Crippen LogP contribution in [0.15, 0.2) is 24.3 Å². The fourth-order valence-electron chi connectivity index (χ4n) is 3.54. The maximum atomic E-state index is 13.1. The molecular formula is C23H33F3N4O5. The third kappa shape index (κ3) is 9.91. The van der Waals surface area contributed by atoms with Gasteiger partial charge in [-0.3, -0.25) is 24.5 Å². The molecular weight excluding hydrogens is 469 g/mol. The molecule has 0 radical (unpaired) electrons. The molecule has 9 nitrogen and oxygen atoms in total. The summed E-state index contributed by atoms with van der Waals surface area (Å²) in [6.45, 7) is 7.94. The normalized spacial score (nSPS) is 14.7. The summed E-state index contributed by atoms with van der Waals surface area (Å²) in [6.07, 6.45) is -4.66. The number of carbonyl (C=O) groups is 3. The molecule has 0 fully saturated rings. The van der Waals surface area contributed by atoms with E-state index in [1.807, 2.05) is 0 Å². The first kappa shape index (κ1) is 29.9. The van der Waals surface area contributed by atoms with Crippen LogP contribution >= 0.6 is 0 Å². The largest absolute Gasteiger partial charge is 0.416 e. The van der Waals surface area contributed by atoms with Crippen molar-refractivity contribution in [3.63, 3.8) is 0 Å². The Balaban J connectivity index is 3.11. The number of primary amides is 1. The number of nitrogens with one attached hydrogen (secondary N) is 2. The molecule has 35 heavy (non-hydrogen) atoms. The minimum absolute atomic E-state index is 0.0145. The van der Waals surface area contributed by atoms with Gasteiger partial charge in [-0.25, -0.2) is 0 Å². The van der Waals surface area contributed by atoms with Gasteiger partial charge in [0.25, 0.3) is 0 Å². The average Bonchev–Trinajstić information content (AvgIpc) is 2.68. The van der Waals surface area contributed by atoms with Gasteiger partial charge in [0, 0.05) is 11.3 Å². The van der Waals surface area contributed by atoms with Crippen molar-refractivity contribution >= 4 is 17.7 Å². The van der Waals surface area contributed by atoms with Crippen molar-refractivity contribution in [1.29, 1.82) is 0 Å². The minimum atomic E-state index is -4.58. The maximum Gasteiger partial charge on any atom is 0.416 e. The third-order valence-electron chi connectivity index (χ3n) is 5.27. The van der Waals surface area contributed by atoms with Crippen molar-refractivity contribution in [3.05, 3.63) is 45.5 Å². The second kappa shape index (κ2) is 12.0. The third-order valence-corrected chi connectivity index (χ3v) is 5.27. The van der Waals surface area contributed by atoms with Crippen LogP contribution < -0.4 is 16.4 Å². The van der Waals surface area contributed by atoms with E-state index in [9.17, 15) is 37.7 Å². The fourth-order valence-corrected chi connectivity index (χ4v) is 3.54. The molecule has 1 rings (SSSR count). The highest BCUT2D eigenvalue weighted by Crippen LogP contribution is 2.30. The topological polar surface area (TPSA) is 144 Å². The highest BCUT2D eigenvalue weighted by Gasteiger charge is 2.37. The number of nitro groups is 1. The Labute approximate surface area is 202 Å². The fraction of sp³-hybridized carbons (Fsp3) is 0.609. The molecule has 0 spiro atoms. The molecule has 0 saturated carbocycles. The van der Waals surface area contributed by atoms with Gasteiger partial charge in [0.15, 0.2) is 0 Å². The molecule has 12 heteroatoms. The first-order valence-electron chi connectivity index (χ1n) is 11.1. The van der Waals surface area contributed by atoms with Gasteiger partial charge >= 0.3 is 6.18 Å². The molecule has 196 valence electrons.